The first-order valence-electron chi connectivity index (χ1n) is 1.41. The molecule has 0 unspecified atom stereocenters. The van der Waals surface area contributed by atoms with E-state index in [-0.39, 0.29) is 0 Å². The van der Waals surface area contributed by atoms with E-state index in [0.717, 1.165) is 0 Å². The van der Waals surface area contributed by atoms with Gasteiger partial charge in [0.1, 0.15) is 0 Å². The van der Waals surface area contributed by atoms with Crippen LogP contribution < -0.4 is 5.73 Å². The molecule has 0 bridgehead atoms. The number of hydrogen-bond donors (Lipinski definition) is 1. The molecule has 42 valence electrons. The van der Waals surface area contributed by atoms with Crippen molar-refractivity contribution in [2.45, 2.75) is 6.43 Å². The van der Waals surface area contributed by atoms with E-state index >= 15 is 0 Å². The summed E-state index contributed by atoms with van der Waals surface area (Å²) >= 11 is 0. The molecule has 5 heteroatoms. The number of nitrogens with two attached hydrogens (primary N) is 1. The van der Waals surface area contributed by atoms with Crippen LogP contribution >= 0.6 is 0 Å². The standard InChI is InChI=1S/C2H3F3N2/c3-1(4)2(6)7-5/h1H,(H2,6,7). The van der Waals surface area contributed by atoms with Crippen LogP contribution in [0.2, 0.25) is 0 Å². The SMILES string of the molecule is NC(=NF)C(F)F. The fourth-order valence-corrected chi connectivity index (χ4v) is 0.0369. The van der Waals surface area contributed by atoms with Gasteiger partial charge in [0.15, 0.2) is 5.84 Å². The molecule has 0 amide bonds. The molecule has 0 aromatic carbocycles. The van der Waals surface area contributed by atoms with E-state index in [2.05, 4.69) is 5.73 Å². The van der Waals surface area contributed by atoms with Gasteiger partial charge in [0.2, 0.25) is 0 Å². The summed E-state index contributed by atoms with van der Waals surface area (Å²) in [7, 11) is 0. The van der Waals surface area contributed by atoms with Crippen LogP contribution in [-0.2, 0) is 0 Å². The number of hydrogen-bond acceptors (Lipinski definition) is 1. The van der Waals surface area contributed by atoms with Crippen LogP contribution in [0.4, 0.5) is 13.3 Å². The first-order valence-corrected chi connectivity index (χ1v) is 1.41. The molecule has 0 aromatic heterocycles. The highest BCUT2D eigenvalue weighted by Gasteiger charge is 2.06. The second-order valence-electron chi connectivity index (χ2n) is 0.810. The summed E-state index contributed by atoms with van der Waals surface area (Å²) in [6, 6.07) is 0. The number of halogens is 3. The van der Waals surface area contributed by atoms with Gasteiger partial charge in [0, 0.05) is 0 Å². The van der Waals surface area contributed by atoms with Crippen molar-refractivity contribution < 1.29 is 13.3 Å². The van der Waals surface area contributed by atoms with Crippen molar-refractivity contribution in [1.82, 2.24) is 0 Å². The van der Waals surface area contributed by atoms with Crippen molar-refractivity contribution >= 4 is 5.84 Å². The number of amidine groups is 1. The molecule has 0 aliphatic rings. The Bertz CT molecular complexity index is 79.0. The maximum absolute atomic E-state index is 10.9. The first kappa shape index (κ1) is 6.26. The molecule has 0 aliphatic heterocycles. The first-order chi connectivity index (χ1) is 3.18. The summed E-state index contributed by atoms with van der Waals surface area (Å²) < 4.78 is 32.5. The average Bonchev–Trinajstić information content (AvgIpc) is 1.65. The summed E-state index contributed by atoms with van der Waals surface area (Å²) in [4.78, 5) is 0. The zero-order chi connectivity index (χ0) is 5.86. The van der Waals surface area contributed by atoms with E-state index in [1.165, 1.54) is 5.21 Å². The Hall–Kier alpha value is -0.740. The zero-order valence-electron chi connectivity index (χ0n) is 3.24. The molecule has 0 aromatic rings. The molecule has 0 radical (unpaired) electrons. The van der Waals surface area contributed by atoms with Crippen LogP contribution in [0.5, 0.6) is 0 Å². The Morgan fingerprint density at radius 3 is 2.00 bits per heavy atom. The normalized spacial score (nSPS) is 12.9. The van der Waals surface area contributed by atoms with E-state index in [4.69, 9.17) is 0 Å². The van der Waals surface area contributed by atoms with Gasteiger partial charge in [-0.25, -0.2) is 8.78 Å². The highest BCUT2D eigenvalue weighted by atomic mass is 19.3. The largest absolute Gasteiger partial charge is 0.380 e. The minimum atomic E-state index is -2.98. The third kappa shape index (κ3) is 2.02. The number of rotatable bonds is 1. The maximum atomic E-state index is 10.9. The molecule has 0 atom stereocenters. The minimum Gasteiger partial charge on any atom is -0.380 e. The quantitative estimate of drug-likeness (QED) is 0.389. The van der Waals surface area contributed by atoms with Crippen molar-refractivity contribution in [3.05, 3.63) is 0 Å². The molecule has 2 N–H and O–H groups in total. The average molecular weight is 112 g/mol. The molecular weight excluding hydrogens is 109 g/mol. The summed E-state index contributed by atoms with van der Waals surface area (Å²) in [5.74, 6) is -1.28. The smallest absolute Gasteiger partial charge is 0.297 e. The van der Waals surface area contributed by atoms with Crippen LogP contribution in [0, 0.1) is 0 Å². The second-order valence-corrected chi connectivity index (χ2v) is 0.810. The zero-order valence-corrected chi connectivity index (χ0v) is 3.24. The molecule has 0 saturated carbocycles. The second kappa shape index (κ2) is 2.44. The van der Waals surface area contributed by atoms with Crippen molar-refractivity contribution in [2.24, 2.45) is 10.9 Å². The lowest BCUT2D eigenvalue weighted by Crippen LogP contribution is -2.19. The van der Waals surface area contributed by atoms with Crippen molar-refractivity contribution in [3.63, 3.8) is 0 Å². The van der Waals surface area contributed by atoms with Gasteiger partial charge in [-0.05, 0) is 0 Å². The Balaban J connectivity index is 3.56. The van der Waals surface area contributed by atoms with Crippen molar-refractivity contribution in [3.8, 4) is 0 Å². The van der Waals surface area contributed by atoms with Crippen LogP contribution in [0.3, 0.4) is 0 Å². The summed E-state index contributed by atoms with van der Waals surface area (Å²) in [6.07, 6.45) is -2.98. The van der Waals surface area contributed by atoms with E-state index in [1.54, 1.807) is 0 Å². The van der Waals surface area contributed by atoms with Gasteiger partial charge < -0.3 is 5.73 Å². The van der Waals surface area contributed by atoms with Crippen molar-refractivity contribution in [2.75, 3.05) is 0 Å². The molecule has 0 aliphatic carbocycles. The summed E-state index contributed by atoms with van der Waals surface area (Å²) in [5.41, 5.74) is 4.24. The molecule has 7 heavy (non-hydrogen) atoms. The fourth-order valence-electron chi connectivity index (χ4n) is 0.0369. The predicted octanol–water partition coefficient (Wildman–Crippen LogP) is 0.493. The van der Waals surface area contributed by atoms with Gasteiger partial charge in [-0.2, -0.15) is 0 Å². The highest BCUT2D eigenvalue weighted by molar-refractivity contribution is 5.82. The van der Waals surface area contributed by atoms with E-state index in [0.29, 0.717) is 0 Å². The molecular formula is C2H3F3N2. The predicted molar refractivity (Wildman–Crippen MR) is 18.7 cm³/mol. The van der Waals surface area contributed by atoms with Crippen LogP contribution in [0.15, 0.2) is 5.21 Å². The summed E-state index contributed by atoms with van der Waals surface area (Å²) in [6.45, 7) is 0. The number of alkyl halides is 2. The molecule has 2 nitrogen and oxygen atoms in total. The Labute approximate surface area is 37.8 Å². The van der Waals surface area contributed by atoms with Crippen LogP contribution in [0.25, 0.3) is 0 Å². The minimum absolute atomic E-state index is 1.28. The van der Waals surface area contributed by atoms with E-state index < -0.39 is 12.3 Å². The van der Waals surface area contributed by atoms with Crippen molar-refractivity contribution in [1.29, 1.82) is 0 Å². The topological polar surface area (TPSA) is 38.4 Å². The van der Waals surface area contributed by atoms with Gasteiger partial charge in [0.25, 0.3) is 6.43 Å². The van der Waals surface area contributed by atoms with Gasteiger partial charge in [-0.1, -0.05) is 9.70 Å². The lowest BCUT2D eigenvalue weighted by molar-refractivity contribution is 0.220. The van der Waals surface area contributed by atoms with Gasteiger partial charge in [-0.15, -0.1) is 0 Å². The monoisotopic (exact) mass is 112 g/mol. The third-order valence-corrected chi connectivity index (χ3v) is 0.321. The maximum Gasteiger partial charge on any atom is 0.297 e. The highest BCUT2D eigenvalue weighted by Crippen LogP contribution is 1.90. The molecule has 0 fully saturated rings. The molecule has 0 heterocycles. The number of nitrogens with zero attached hydrogens (tertiary/aromatic N) is 1. The Morgan fingerprint density at radius 2 is 2.00 bits per heavy atom. The molecule has 0 rings (SSSR count). The lowest BCUT2D eigenvalue weighted by Gasteiger charge is -1.88. The van der Waals surface area contributed by atoms with Gasteiger partial charge in [-0.3, -0.25) is 0 Å². The Kier molecular flexibility index (Phi) is 2.18. The van der Waals surface area contributed by atoms with Gasteiger partial charge in [0.05, 0.1) is 0 Å². The van der Waals surface area contributed by atoms with E-state index in [1.807, 2.05) is 0 Å². The summed E-state index contributed by atoms with van der Waals surface area (Å²) in [5, 5.41) is 1.53. The third-order valence-electron chi connectivity index (χ3n) is 0.321. The lowest BCUT2D eigenvalue weighted by atomic mass is 10.7. The van der Waals surface area contributed by atoms with Crippen LogP contribution in [0.1, 0.15) is 0 Å². The van der Waals surface area contributed by atoms with Crippen LogP contribution in [-0.4, -0.2) is 12.3 Å². The van der Waals surface area contributed by atoms with E-state index in [9.17, 15) is 13.3 Å². The molecule has 0 saturated heterocycles. The Morgan fingerprint density at radius 1 is 1.57 bits per heavy atom. The van der Waals surface area contributed by atoms with Gasteiger partial charge >= 0.3 is 0 Å². The molecule has 0 spiro atoms. The fraction of sp³-hybridized carbons (Fsp3) is 0.500.